The number of nitrogens with one attached hydrogen (secondary N) is 2. The Kier molecular flexibility index (Phi) is 5.30. The lowest BCUT2D eigenvalue weighted by Gasteiger charge is -2.24. The molecule has 4 heteroatoms. The van der Waals surface area contributed by atoms with Crippen LogP contribution in [0.5, 0.6) is 0 Å². The Morgan fingerprint density at radius 1 is 1.25 bits per heavy atom. The van der Waals surface area contributed by atoms with Crippen molar-refractivity contribution in [3.63, 3.8) is 0 Å². The molecule has 20 heavy (non-hydrogen) atoms. The van der Waals surface area contributed by atoms with E-state index in [4.69, 9.17) is 5.11 Å². The van der Waals surface area contributed by atoms with Crippen LogP contribution in [0.1, 0.15) is 58.8 Å². The number of hydrogen-bond acceptors (Lipinski definition) is 2. The van der Waals surface area contributed by atoms with Gasteiger partial charge in [-0.1, -0.05) is 46.0 Å². The average molecular weight is 282 g/mol. The summed E-state index contributed by atoms with van der Waals surface area (Å²) in [5.41, 5.74) is -0.0432. The Morgan fingerprint density at radius 2 is 1.95 bits per heavy atom. The van der Waals surface area contributed by atoms with Gasteiger partial charge in [-0.2, -0.15) is 0 Å². The molecule has 3 N–H and O–H groups in total. The van der Waals surface area contributed by atoms with Gasteiger partial charge < -0.3 is 15.7 Å². The summed E-state index contributed by atoms with van der Waals surface area (Å²) in [5.74, 6) is 1.58. The number of carbonyl (C=O) groups is 1. The molecule has 0 aromatic heterocycles. The lowest BCUT2D eigenvalue weighted by molar-refractivity contribution is 0.200. The maximum Gasteiger partial charge on any atom is 0.315 e. The number of urea groups is 1. The quantitative estimate of drug-likeness (QED) is 0.701. The van der Waals surface area contributed by atoms with Crippen LogP contribution < -0.4 is 10.6 Å². The fraction of sp³-hybridized carbons (Fsp3) is 0.938. The van der Waals surface area contributed by atoms with Crippen LogP contribution in [0.2, 0.25) is 0 Å². The fourth-order valence-electron chi connectivity index (χ4n) is 3.39. The molecule has 0 radical (unpaired) electrons. The van der Waals surface area contributed by atoms with E-state index in [1.165, 1.54) is 32.1 Å². The van der Waals surface area contributed by atoms with Gasteiger partial charge in [0.2, 0.25) is 0 Å². The zero-order chi connectivity index (χ0) is 14.6. The summed E-state index contributed by atoms with van der Waals surface area (Å²) in [7, 11) is 0. The van der Waals surface area contributed by atoms with Crippen LogP contribution in [0.3, 0.4) is 0 Å². The molecular weight excluding hydrogens is 252 g/mol. The lowest BCUT2D eigenvalue weighted by Crippen LogP contribution is -2.42. The Labute approximate surface area is 122 Å². The second-order valence-corrected chi connectivity index (χ2v) is 7.37. The van der Waals surface area contributed by atoms with Crippen molar-refractivity contribution in [2.45, 2.75) is 64.8 Å². The van der Waals surface area contributed by atoms with Crippen molar-refractivity contribution in [2.24, 2.45) is 17.3 Å². The van der Waals surface area contributed by atoms with Crippen LogP contribution >= 0.6 is 0 Å². The van der Waals surface area contributed by atoms with Crippen molar-refractivity contribution in [3.05, 3.63) is 0 Å². The number of rotatable bonds is 6. The smallest absolute Gasteiger partial charge is 0.315 e. The number of aliphatic hydroxyl groups is 1. The first-order valence-corrected chi connectivity index (χ1v) is 8.17. The van der Waals surface area contributed by atoms with E-state index in [9.17, 15) is 4.79 Å². The van der Waals surface area contributed by atoms with E-state index in [-0.39, 0.29) is 18.1 Å². The van der Waals surface area contributed by atoms with Crippen LogP contribution in [0.15, 0.2) is 0 Å². The number of hydrogen-bond donors (Lipinski definition) is 3. The fourth-order valence-corrected chi connectivity index (χ4v) is 3.39. The van der Waals surface area contributed by atoms with Gasteiger partial charge in [-0.25, -0.2) is 4.79 Å². The summed E-state index contributed by atoms with van der Waals surface area (Å²) in [6.45, 7) is 4.90. The van der Waals surface area contributed by atoms with Gasteiger partial charge in [-0.3, -0.25) is 0 Å². The van der Waals surface area contributed by atoms with Crippen molar-refractivity contribution >= 4 is 6.03 Å². The van der Waals surface area contributed by atoms with E-state index in [1.807, 2.05) is 0 Å². The molecule has 0 aromatic rings. The monoisotopic (exact) mass is 282 g/mol. The topological polar surface area (TPSA) is 61.4 Å². The highest BCUT2D eigenvalue weighted by molar-refractivity contribution is 5.74. The van der Waals surface area contributed by atoms with Crippen molar-refractivity contribution in [3.8, 4) is 0 Å². The summed E-state index contributed by atoms with van der Waals surface area (Å²) in [6.07, 6.45) is 8.72. The molecule has 2 aliphatic rings. The minimum atomic E-state index is -0.0432. The first kappa shape index (κ1) is 15.6. The van der Waals surface area contributed by atoms with Crippen LogP contribution in [-0.4, -0.2) is 30.3 Å². The third kappa shape index (κ3) is 4.65. The van der Waals surface area contributed by atoms with Crippen LogP contribution in [0.25, 0.3) is 0 Å². The van der Waals surface area contributed by atoms with Gasteiger partial charge in [-0.15, -0.1) is 0 Å². The second kappa shape index (κ2) is 6.79. The van der Waals surface area contributed by atoms with Gasteiger partial charge in [0.25, 0.3) is 0 Å². The summed E-state index contributed by atoms with van der Waals surface area (Å²) in [6, 6.07) is 0.360. The van der Waals surface area contributed by atoms with Crippen molar-refractivity contribution in [1.29, 1.82) is 0 Å². The van der Waals surface area contributed by atoms with E-state index in [2.05, 4.69) is 24.5 Å². The Hall–Kier alpha value is -0.770. The predicted octanol–water partition coefficient (Wildman–Crippen LogP) is 2.66. The first-order valence-electron chi connectivity index (χ1n) is 8.17. The maximum absolute atomic E-state index is 11.9. The minimum absolute atomic E-state index is 0.0423. The first-order chi connectivity index (χ1) is 9.52. The number of carbonyl (C=O) groups excluding carboxylic acids is 1. The minimum Gasteiger partial charge on any atom is -0.396 e. The maximum atomic E-state index is 11.9. The van der Waals surface area contributed by atoms with Crippen LogP contribution in [-0.2, 0) is 0 Å². The molecule has 0 aromatic carbocycles. The lowest BCUT2D eigenvalue weighted by atomic mass is 9.85. The van der Waals surface area contributed by atoms with Gasteiger partial charge in [0.15, 0.2) is 0 Å². The molecule has 116 valence electrons. The molecule has 0 saturated heterocycles. The van der Waals surface area contributed by atoms with Crippen LogP contribution in [0, 0.1) is 17.3 Å². The normalized spacial score (nSPS) is 27.1. The molecule has 0 heterocycles. The molecule has 2 atom stereocenters. The molecule has 4 nitrogen and oxygen atoms in total. The van der Waals surface area contributed by atoms with E-state index in [0.717, 1.165) is 18.3 Å². The number of amides is 2. The second-order valence-electron chi connectivity index (χ2n) is 7.37. The molecule has 2 saturated carbocycles. The average Bonchev–Trinajstić information content (AvgIpc) is 3.17. The molecular formula is C16H30N2O2. The summed E-state index contributed by atoms with van der Waals surface area (Å²) < 4.78 is 0. The van der Waals surface area contributed by atoms with E-state index >= 15 is 0 Å². The predicted molar refractivity (Wildman–Crippen MR) is 80.5 cm³/mol. The molecule has 2 amide bonds. The molecule has 2 aliphatic carbocycles. The van der Waals surface area contributed by atoms with Gasteiger partial charge in [0, 0.05) is 19.2 Å². The standard InChI is InChI=1S/C16H30N2O2/c1-16(2,8-9-19)11-17-15(20)18-14-10-13(14)12-6-4-3-5-7-12/h12-14,19H,3-11H2,1-2H3,(H2,17,18,20). The number of aliphatic hydroxyl groups excluding tert-OH is 1. The SMILES string of the molecule is CC(C)(CCO)CNC(=O)NC1CC1C1CCCCC1. The van der Waals surface area contributed by atoms with Gasteiger partial charge in [0.1, 0.15) is 0 Å². The van der Waals surface area contributed by atoms with Gasteiger partial charge in [-0.05, 0) is 30.1 Å². The van der Waals surface area contributed by atoms with E-state index in [0.29, 0.717) is 19.0 Å². The summed E-state index contributed by atoms with van der Waals surface area (Å²) in [4.78, 5) is 11.9. The highest BCUT2D eigenvalue weighted by Crippen LogP contribution is 2.44. The van der Waals surface area contributed by atoms with Crippen molar-refractivity contribution < 1.29 is 9.90 Å². The van der Waals surface area contributed by atoms with Gasteiger partial charge in [0.05, 0.1) is 0 Å². The zero-order valence-electron chi connectivity index (χ0n) is 13.0. The molecule has 0 bridgehead atoms. The van der Waals surface area contributed by atoms with E-state index in [1.54, 1.807) is 0 Å². The van der Waals surface area contributed by atoms with E-state index < -0.39 is 0 Å². The van der Waals surface area contributed by atoms with Crippen LogP contribution in [0.4, 0.5) is 4.79 Å². The van der Waals surface area contributed by atoms with Crippen molar-refractivity contribution in [2.75, 3.05) is 13.2 Å². The highest BCUT2D eigenvalue weighted by atomic mass is 16.3. The summed E-state index contributed by atoms with van der Waals surface area (Å²) in [5, 5.41) is 15.0. The third-order valence-corrected chi connectivity index (χ3v) is 4.93. The third-order valence-electron chi connectivity index (χ3n) is 4.93. The highest BCUT2D eigenvalue weighted by Gasteiger charge is 2.43. The van der Waals surface area contributed by atoms with Crippen molar-refractivity contribution in [1.82, 2.24) is 10.6 Å². The largest absolute Gasteiger partial charge is 0.396 e. The van der Waals surface area contributed by atoms with Gasteiger partial charge >= 0.3 is 6.03 Å². The molecule has 2 fully saturated rings. The summed E-state index contributed by atoms with van der Waals surface area (Å²) >= 11 is 0. The zero-order valence-corrected chi connectivity index (χ0v) is 13.0. The molecule has 2 rings (SSSR count). The molecule has 0 spiro atoms. The Morgan fingerprint density at radius 3 is 2.60 bits per heavy atom. The molecule has 2 unspecified atom stereocenters. The Bertz CT molecular complexity index is 324. The Balaban J connectivity index is 1.63. The molecule has 0 aliphatic heterocycles.